The Kier molecular flexibility index (Phi) is 4.61. The molecule has 0 spiro atoms. The third-order valence-corrected chi connectivity index (χ3v) is 6.31. The highest BCUT2D eigenvalue weighted by Gasteiger charge is 2.44. The molecule has 1 aromatic carbocycles. The van der Waals surface area contributed by atoms with Gasteiger partial charge >= 0.3 is 5.97 Å². The van der Waals surface area contributed by atoms with Crippen molar-refractivity contribution >= 4 is 27.8 Å². The molecule has 2 amide bonds. The normalized spacial score (nSPS) is 20.8. The van der Waals surface area contributed by atoms with Crippen molar-refractivity contribution in [3.8, 4) is 0 Å². The maximum Gasteiger partial charge on any atom is 0.351 e. The Morgan fingerprint density at radius 3 is 2.36 bits per heavy atom. The maximum atomic E-state index is 12.4. The summed E-state index contributed by atoms with van der Waals surface area (Å²) in [4.78, 5) is 41.9. The smallest absolute Gasteiger partial charge is 0.328 e. The number of carbonyl (C=O) groups excluding carboxylic acids is 3. The van der Waals surface area contributed by atoms with E-state index < -0.39 is 33.8 Å². The van der Waals surface area contributed by atoms with E-state index in [2.05, 4.69) is 0 Å². The van der Waals surface area contributed by atoms with E-state index in [-0.39, 0.29) is 23.4 Å². The molecule has 0 bridgehead atoms. The van der Waals surface area contributed by atoms with Crippen LogP contribution in [0.1, 0.15) is 46.9 Å². The van der Waals surface area contributed by atoms with Gasteiger partial charge < -0.3 is 4.84 Å². The molecule has 2 heterocycles. The lowest BCUT2D eigenvalue weighted by atomic mass is 10.1. The summed E-state index contributed by atoms with van der Waals surface area (Å²) in [5, 5.41) is 0.413. The molecule has 8 nitrogen and oxygen atoms in total. The molecular formula is C16H18N2O6S. The molecule has 9 heteroatoms. The Bertz CT molecular complexity index is 800. The largest absolute Gasteiger partial charge is 0.351 e. The second kappa shape index (κ2) is 6.57. The number of nitrogens with zero attached hydrogens (tertiary/aromatic N) is 2. The summed E-state index contributed by atoms with van der Waals surface area (Å²) in [6.07, 6.45) is 1.24. The van der Waals surface area contributed by atoms with E-state index in [4.69, 9.17) is 4.84 Å². The number of hydrogen-bond donors (Lipinski definition) is 0. The number of carbonyl (C=O) groups is 3. The minimum Gasteiger partial charge on any atom is -0.328 e. The summed E-state index contributed by atoms with van der Waals surface area (Å²) in [7, 11) is -3.57. The average Bonchev–Trinajstić information content (AvgIpc) is 3.16. The van der Waals surface area contributed by atoms with Gasteiger partial charge in [0.05, 0.1) is 16.9 Å². The first-order valence-electron chi connectivity index (χ1n) is 8.06. The van der Waals surface area contributed by atoms with Gasteiger partial charge in [0.1, 0.15) is 6.04 Å². The maximum absolute atomic E-state index is 12.4. The van der Waals surface area contributed by atoms with Gasteiger partial charge in [-0.3, -0.25) is 9.59 Å². The van der Waals surface area contributed by atoms with Crippen molar-refractivity contribution in [1.29, 1.82) is 0 Å². The lowest BCUT2D eigenvalue weighted by Gasteiger charge is -2.23. The van der Waals surface area contributed by atoms with Gasteiger partial charge in [-0.05, 0) is 31.4 Å². The molecule has 0 aromatic heterocycles. The summed E-state index contributed by atoms with van der Waals surface area (Å²) in [6, 6.07) is 5.13. The highest BCUT2D eigenvalue weighted by atomic mass is 32.2. The second-order valence-corrected chi connectivity index (χ2v) is 7.99. The first-order valence-corrected chi connectivity index (χ1v) is 9.67. The zero-order valence-corrected chi connectivity index (χ0v) is 14.5. The van der Waals surface area contributed by atoms with Crippen molar-refractivity contribution in [2.24, 2.45) is 0 Å². The van der Waals surface area contributed by atoms with Crippen molar-refractivity contribution in [3.05, 3.63) is 35.4 Å². The molecule has 1 aromatic rings. The Balaban J connectivity index is 1.77. The van der Waals surface area contributed by atoms with Gasteiger partial charge in [0, 0.05) is 6.54 Å². The number of sulfonamides is 1. The van der Waals surface area contributed by atoms with Crippen molar-refractivity contribution in [3.63, 3.8) is 0 Å². The first kappa shape index (κ1) is 17.6. The van der Waals surface area contributed by atoms with Gasteiger partial charge in [0.25, 0.3) is 11.8 Å². The average molecular weight is 366 g/mol. The van der Waals surface area contributed by atoms with Gasteiger partial charge in [-0.15, -0.1) is 0 Å². The molecule has 134 valence electrons. The quantitative estimate of drug-likeness (QED) is 0.719. The summed E-state index contributed by atoms with van der Waals surface area (Å²) in [5.41, 5.74) is 0.310. The number of hydrogen-bond acceptors (Lipinski definition) is 6. The molecular weight excluding hydrogens is 348 g/mol. The summed E-state index contributed by atoms with van der Waals surface area (Å²) < 4.78 is 25.6. The van der Waals surface area contributed by atoms with Crippen LogP contribution in [0, 0.1) is 0 Å². The lowest BCUT2D eigenvalue weighted by molar-refractivity contribution is -0.172. The molecule has 2 aliphatic heterocycles. The van der Waals surface area contributed by atoms with E-state index in [9.17, 15) is 22.8 Å². The van der Waals surface area contributed by atoms with Crippen molar-refractivity contribution in [2.45, 2.75) is 32.2 Å². The van der Waals surface area contributed by atoms with Crippen LogP contribution in [-0.2, 0) is 19.7 Å². The zero-order chi connectivity index (χ0) is 18.2. The van der Waals surface area contributed by atoms with E-state index in [1.807, 2.05) is 0 Å². The minimum atomic E-state index is -3.57. The molecule has 25 heavy (non-hydrogen) atoms. The fourth-order valence-electron chi connectivity index (χ4n) is 3.08. The van der Waals surface area contributed by atoms with Crippen LogP contribution >= 0.6 is 0 Å². The Labute approximate surface area is 145 Å². The van der Waals surface area contributed by atoms with Gasteiger partial charge in [0.15, 0.2) is 0 Å². The number of hydroxylamine groups is 2. The Morgan fingerprint density at radius 1 is 1.20 bits per heavy atom. The third kappa shape index (κ3) is 3.05. The Hall–Kier alpha value is -2.26. The number of fused-ring (bicyclic) bond motifs is 1. The number of benzene rings is 1. The highest BCUT2D eigenvalue weighted by Crippen LogP contribution is 2.26. The van der Waals surface area contributed by atoms with Crippen LogP contribution in [0.25, 0.3) is 0 Å². The molecule has 3 rings (SSSR count). The van der Waals surface area contributed by atoms with E-state index in [1.165, 1.54) is 12.1 Å². The van der Waals surface area contributed by atoms with Crippen LogP contribution in [0.5, 0.6) is 0 Å². The van der Waals surface area contributed by atoms with Crippen LogP contribution in [0.2, 0.25) is 0 Å². The molecule has 1 unspecified atom stereocenters. The number of amides is 2. The van der Waals surface area contributed by atoms with Gasteiger partial charge in [-0.1, -0.05) is 24.1 Å². The van der Waals surface area contributed by atoms with E-state index in [0.29, 0.717) is 24.3 Å². The van der Waals surface area contributed by atoms with Gasteiger partial charge in [0.2, 0.25) is 10.0 Å². The lowest BCUT2D eigenvalue weighted by Crippen LogP contribution is -2.45. The molecule has 1 atom stereocenters. The number of imide groups is 1. The van der Waals surface area contributed by atoms with Gasteiger partial charge in [-0.2, -0.15) is 4.31 Å². The zero-order valence-electron chi connectivity index (χ0n) is 13.7. The molecule has 1 fully saturated rings. The topological polar surface area (TPSA) is 101 Å². The highest BCUT2D eigenvalue weighted by molar-refractivity contribution is 7.89. The van der Waals surface area contributed by atoms with Crippen LogP contribution in [0.4, 0.5) is 0 Å². The molecule has 0 saturated carbocycles. The van der Waals surface area contributed by atoms with Gasteiger partial charge in [-0.25, -0.2) is 13.2 Å². The fraction of sp³-hybridized carbons (Fsp3) is 0.438. The van der Waals surface area contributed by atoms with Crippen LogP contribution < -0.4 is 0 Å². The van der Waals surface area contributed by atoms with Crippen molar-refractivity contribution in [1.82, 2.24) is 9.37 Å². The monoisotopic (exact) mass is 366 g/mol. The predicted octanol–water partition coefficient (Wildman–Crippen LogP) is 0.945. The Morgan fingerprint density at radius 2 is 1.80 bits per heavy atom. The first-order chi connectivity index (χ1) is 11.9. The van der Waals surface area contributed by atoms with Crippen molar-refractivity contribution in [2.75, 3.05) is 12.3 Å². The minimum absolute atomic E-state index is 0.0657. The standard InChI is InChI=1S/C16H18N2O6S/c1-2-10-25(22,23)17-9-5-8-13(17)16(21)24-18-14(19)11-6-3-4-7-12(11)15(18)20/h3-4,6-7,13H,2,5,8-10H2,1H3. The predicted molar refractivity (Wildman–Crippen MR) is 86.8 cm³/mol. The van der Waals surface area contributed by atoms with Crippen LogP contribution in [-0.4, -0.2) is 53.9 Å². The summed E-state index contributed by atoms with van der Waals surface area (Å²) in [5.74, 6) is -2.43. The van der Waals surface area contributed by atoms with Crippen LogP contribution in [0.15, 0.2) is 24.3 Å². The van der Waals surface area contributed by atoms with Crippen LogP contribution in [0.3, 0.4) is 0 Å². The fourth-order valence-corrected chi connectivity index (χ4v) is 4.82. The molecule has 2 aliphatic rings. The summed E-state index contributed by atoms with van der Waals surface area (Å²) in [6.45, 7) is 1.96. The molecule has 0 aliphatic carbocycles. The molecule has 0 radical (unpaired) electrons. The van der Waals surface area contributed by atoms with E-state index in [0.717, 1.165) is 4.31 Å². The molecule has 1 saturated heterocycles. The summed E-state index contributed by atoms with van der Waals surface area (Å²) >= 11 is 0. The van der Waals surface area contributed by atoms with Crippen molar-refractivity contribution < 1.29 is 27.6 Å². The van der Waals surface area contributed by atoms with E-state index >= 15 is 0 Å². The second-order valence-electron chi connectivity index (χ2n) is 5.95. The SMILES string of the molecule is CCCS(=O)(=O)N1CCCC1C(=O)ON1C(=O)c2ccccc2C1=O. The van der Waals surface area contributed by atoms with E-state index in [1.54, 1.807) is 19.1 Å². The third-order valence-electron chi connectivity index (χ3n) is 4.23. The number of rotatable bonds is 5. The molecule has 0 N–H and O–H groups in total.